The fourth-order valence-electron chi connectivity index (χ4n) is 2.07. The summed E-state index contributed by atoms with van der Waals surface area (Å²) < 4.78 is 11.3. The third-order valence-corrected chi connectivity index (χ3v) is 4.11. The van der Waals surface area contributed by atoms with Crippen LogP contribution < -0.4 is 5.32 Å². The first-order valence-corrected chi connectivity index (χ1v) is 7.69. The van der Waals surface area contributed by atoms with Gasteiger partial charge in [0.05, 0.1) is 0 Å². The molecular formula is C14H17NO3S. The van der Waals surface area contributed by atoms with E-state index in [4.69, 9.17) is 5.11 Å². The van der Waals surface area contributed by atoms with E-state index in [-0.39, 0.29) is 24.5 Å². The summed E-state index contributed by atoms with van der Waals surface area (Å²) in [5, 5.41) is 11.9. The molecule has 5 heteroatoms. The van der Waals surface area contributed by atoms with Gasteiger partial charge in [-0.15, -0.1) is 0 Å². The van der Waals surface area contributed by atoms with Crippen LogP contribution in [0.4, 0.5) is 0 Å². The van der Waals surface area contributed by atoms with E-state index >= 15 is 0 Å². The molecule has 19 heavy (non-hydrogen) atoms. The molecule has 3 atom stereocenters. The van der Waals surface area contributed by atoms with Crippen LogP contribution in [0, 0.1) is 5.92 Å². The number of nitrogens with one attached hydrogen (secondary N) is 1. The summed E-state index contributed by atoms with van der Waals surface area (Å²) in [4.78, 5) is 12.7. The summed E-state index contributed by atoms with van der Waals surface area (Å²) in [5.41, 5.74) is 0.551. The fourth-order valence-corrected chi connectivity index (χ4v) is 2.59. The maximum atomic E-state index is 12.0. The van der Waals surface area contributed by atoms with Gasteiger partial charge in [0.15, 0.2) is 0 Å². The Labute approximate surface area is 115 Å². The van der Waals surface area contributed by atoms with E-state index in [1.54, 1.807) is 30.5 Å². The molecule has 0 saturated carbocycles. The first-order valence-electron chi connectivity index (χ1n) is 6.13. The number of hydrogen-bond acceptors (Lipinski definition) is 3. The number of hydrogen-bond donors (Lipinski definition) is 2. The zero-order valence-electron chi connectivity index (χ0n) is 10.7. The van der Waals surface area contributed by atoms with Crippen LogP contribution in [-0.4, -0.2) is 34.1 Å². The van der Waals surface area contributed by atoms with E-state index in [2.05, 4.69) is 5.32 Å². The number of aliphatic hydroxyl groups is 1. The molecule has 102 valence electrons. The molecule has 1 aromatic rings. The first kappa shape index (κ1) is 14.0. The summed E-state index contributed by atoms with van der Waals surface area (Å²) >= 11 is 0. The van der Waals surface area contributed by atoms with E-state index < -0.39 is 10.8 Å². The highest BCUT2D eigenvalue weighted by molar-refractivity contribution is 7.84. The molecule has 1 unspecified atom stereocenters. The van der Waals surface area contributed by atoms with Crippen molar-refractivity contribution in [2.24, 2.45) is 5.92 Å². The molecule has 0 fully saturated rings. The monoisotopic (exact) mass is 279 g/mol. The molecule has 1 aromatic carbocycles. The Bertz CT molecular complexity index is 510. The van der Waals surface area contributed by atoms with E-state index in [1.807, 2.05) is 12.2 Å². The number of aliphatic hydroxyl groups excluding tert-OH is 1. The lowest BCUT2D eigenvalue weighted by atomic mass is 10.1. The van der Waals surface area contributed by atoms with Gasteiger partial charge in [-0.25, -0.2) is 0 Å². The van der Waals surface area contributed by atoms with Crippen LogP contribution in [0.2, 0.25) is 0 Å². The van der Waals surface area contributed by atoms with Gasteiger partial charge < -0.3 is 10.4 Å². The molecule has 0 radical (unpaired) electrons. The molecule has 0 aromatic heterocycles. The van der Waals surface area contributed by atoms with Gasteiger partial charge in [0, 0.05) is 46.1 Å². The number of carbonyl (C=O) groups excluding carboxylic acids is 1. The first-order chi connectivity index (χ1) is 9.10. The molecule has 2 rings (SSSR count). The largest absolute Gasteiger partial charge is 0.396 e. The van der Waals surface area contributed by atoms with Gasteiger partial charge in [0.1, 0.15) is 0 Å². The SMILES string of the molecule is CS(=O)c1ccc(C(=O)N[C@@H]2C=C[C@H](CO)C2)cc1. The quantitative estimate of drug-likeness (QED) is 0.811. The second-order valence-corrected chi connectivity index (χ2v) is 6.00. The Morgan fingerprint density at radius 3 is 2.58 bits per heavy atom. The lowest BCUT2D eigenvalue weighted by molar-refractivity contribution is 0.0941. The predicted molar refractivity (Wildman–Crippen MR) is 74.4 cm³/mol. The second-order valence-electron chi connectivity index (χ2n) is 4.62. The molecule has 0 aliphatic heterocycles. The van der Waals surface area contributed by atoms with Gasteiger partial charge in [0.25, 0.3) is 5.91 Å². The maximum Gasteiger partial charge on any atom is 0.251 e. The lowest BCUT2D eigenvalue weighted by Crippen LogP contribution is -2.32. The number of amides is 1. The maximum absolute atomic E-state index is 12.0. The minimum Gasteiger partial charge on any atom is -0.396 e. The van der Waals surface area contributed by atoms with Crippen LogP contribution >= 0.6 is 0 Å². The van der Waals surface area contributed by atoms with Crippen LogP contribution in [0.25, 0.3) is 0 Å². The highest BCUT2D eigenvalue weighted by Crippen LogP contribution is 2.17. The lowest BCUT2D eigenvalue weighted by Gasteiger charge is -2.12. The molecule has 4 nitrogen and oxygen atoms in total. The third kappa shape index (κ3) is 3.52. The van der Waals surface area contributed by atoms with Crippen molar-refractivity contribution in [1.29, 1.82) is 0 Å². The molecule has 0 spiro atoms. The highest BCUT2D eigenvalue weighted by Gasteiger charge is 2.20. The average molecular weight is 279 g/mol. The summed E-state index contributed by atoms with van der Waals surface area (Å²) in [6.45, 7) is 0.111. The second kappa shape index (κ2) is 6.12. The van der Waals surface area contributed by atoms with Crippen LogP contribution in [-0.2, 0) is 10.8 Å². The van der Waals surface area contributed by atoms with E-state index in [0.29, 0.717) is 10.5 Å². The van der Waals surface area contributed by atoms with Gasteiger partial charge in [-0.1, -0.05) is 12.2 Å². The highest BCUT2D eigenvalue weighted by atomic mass is 32.2. The van der Waals surface area contributed by atoms with Crippen LogP contribution in [0.15, 0.2) is 41.3 Å². The summed E-state index contributed by atoms with van der Waals surface area (Å²) in [5.74, 6) is -0.0168. The van der Waals surface area contributed by atoms with Gasteiger partial charge in [-0.05, 0) is 30.7 Å². The van der Waals surface area contributed by atoms with Crippen molar-refractivity contribution < 1.29 is 14.1 Å². The fraction of sp³-hybridized carbons (Fsp3) is 0.357. The van der Waals surface area contributed by atoms with Crippen molar-refractivity contribution in [3.05, 3.63) is 42.0 Å². The van der Waals surface area contributed by atoms with Crippen LogP contribution in [0.3, 0.4) is 0 Å². The molecule has 1 aliphatic carbocycles. The van der Waals surface area contributed by atoms with E-state index in [1.165, 1.54) is 0 Å². The zero-order chi connectivity index (χ0) is 13.8. The van der Waals surface area contributed by atoms with Crippen LogP contribution in [0.5, 0.6) is 0 Å². The van der Waals surface area contributed by atoms with Crippen LogP contribution in [0.1, 0.15) is 16.8 Å². The molecule has 0 saturated heterocycles. The Balaban J connectivity index is 1.97. The van der Waals surface area contributed by atoms with Crippen molar-refractivity contribution in [2.45, 2.75) is 17.4 Å². The minimum absolute atomic E-state index is 0.0235. The number of benzene rings is 1. The Morgan fingerprint density at radius 2 is 2.05 bits per heavy atom. The minimum atomic E-state index is -1.03. The van der Waals surface area contributed by atoms with Crippen molar-refractivity contribution in [2.75, 3.05) is 12.9 Å². The van der Waals surface area contributed by atoms with Crippen molar-refractivity contribution in [3.8, 4) is 0 Å². The number of carbonyl (C=O) groups is 1. The standard InChI is InChI=1S/C14H17NO3S/c1-19(18)13-6-3-11(4-7-13)14(17)15-12-5-2-10(8-12)9-16/h2-7,10,12,16H,8-9H2,1H3,(H,15,17)/t10-,12+,19?/m0/s1. The normalized spacial score (nSPS) is 23.3. The zero-order valence-corrected chi connectivity index (χ0v) is 11.5. The van der Waals surface area contributed by atoms with E-state index in [0.717, 1.165) is 6.42 Å². The molecule has 0 bridgehead atoms. The molecule has 1 aliphatic rings. The third-order valence-electron chi connectivity index (χ3n) is 3.17. The summed E-state index contributed by atoms with van der Waals surface area (Å²) in [6.07, 6.45) is 6.18. The summed E-state index contributed by atoms with van der Waals surface area (Å²) in [7, 11) is -1.03. The van der Waals surface area contributed by atoms with Gasteiger partial charge >= 0.3 is 0 Å². The molecule has 1 amide bonds. The Hall–Kier alpha value is -1.46. The number of rotatable bonds is 4. The van der Waals surface area contributed by atoms with Crippen molar-refractivity contribution in [3.63, 3.8) is 0 Å². The molecule has 2 N–H and O–H groups in total. The van der Waals surface area contributed by atoms with Crippen molar-refractivity contribution in [1.82, 2.24) is 5.32 Å². The Kier molecular flexibility index (Phi) is 4.50. The smallest absolute Gasteiger partial charge is 0.251 e. The molecule has 0 heterocycles. The summed E-state index contributed by atoms with van der Waals surface area (Å²) in [6, 6.07) is 6.73. The average Bonchev–Trinajstić information content (AvgIpc) is 2.86. The van der Waals surface area contributed by atoms with Gasteiger partial charge in [0.2, 0.25) is 0 Å². The Morgan fingerprint density at radius 1 is 1.37 bits per heavy atom. The van der Waals surface area contributed by atoms with Gasteiger partial charge in [-0.3, -0.25) is 9.00 Å². The topological polar surface area (TPSA) is 66.4 Å². The predicted octanol–water partition coefficient (Wildman–Crippen LogP) is 1.09. The van der Waals surface area contributed by atoms with Gasteiger partial charge in [-0.2, -0.15) is 0 Å². The van der Waals surface area contributed by atoms with E-state index in [9.17, 15) is 9.00 Å². The van der Waals surface area contributed by atoms with Crippen molar-refractivity contribution >= 4 is 16.7 Å². The molecular weight excluding hydrogens is 262 g/mol.